The van der Waals surface area contributed by atoms with E-state index in [2.05, 4.69) is 13.8 Å². The van der Waals surface area contributed by atoms with Crippen molar-refractivity contribution >= 4 is 5.91 Å². The van der Waals surface area contributed by atoms with Crippen LogP contribution in [0.5, 0.6) is 0 Å². The highest BCUT2D eigenvalue weighted by Crippen LogP contribution is 2.37. The van der Waals surface area contributed by atoms with E-state index in [-0.39, 0.29) is 24.3 Å². The minimum Gasteiger partial charge on any atom is -0.459 e. The number of rotatable bonds is 13. The Kier molecular flexibility index (Phi) is 11.9. The highest BCUT2D eigenvalue weighted by Gasteiger charge is 2.39. The normalized spacial score (nSPS) is 24.7. The molecule has 31 heavy (non-hydrogen) atoms. The molecular formula is C24H43NO6. The molecule has 0 saturated heterocycles. The minimum absolute atomic E-state index is 0.0227. The number of aliphatic hydroxyl groups is 1. The van der Waals surface area contributed by atoms with Crippen molar-refractivity contribution in [3.8, 4) is 0 Å². The van der Waals surface area contributed by atoms with E-state index in [4.69, 9.17) is 24.1 Å². The van der Waals surface area contributed by atoms with Gasteiger partial charge in [0.25, 0.3) is 5.91 Å². The summed E-state index contributed by atoms with van der Waals surface area (Å²) in [5, 5.41) is 8.74. The molecule has 1 aliphatic heterocycles. The smallest absolute Gasteiger partial charge is 0.288 e. The summed E-state index contributed by atoms with van der Waals surface area (Å²) >= 11 is 0. The van der Waals surface area contributed by atoms with Crippen LogP contribution in [-0.4, -0.2) is 74.9 Å². The molecule has 0 unspecified atom stereocenters. The van der Waals surface area contributed by atoms with Gasteiger partial charge >= 0.3 is 0 Å². The fourth-order valence-electron chi connectivity index (χ4n) is 4.60. The summed E-state index contributed by atoms with van der Waals surface area (Å²) in [6, 6.07) is 0.299. The van der Waals surface area contributed by atoms with E-state index in [9.17, 15) is 4.79 Å². The average Bonchev–Trinajstić information content (AvgIpc) is 2.78. The lowest BCUT2D eigenvalue weighted by atomic mass is 9.79. The number of aliphatic hydroxyl groups excluding tert-OH is 1. The van der Waals surface area contributed by atoms with Crippen LogP contribution in [0.25, 0.3) is 0 Å². The van der Waals surface area contributed by atoms with E-state index in [1.54, 1.807) is 0 Å². The number of ether oxygens (including phenoxy) is 4. The Hall–Kier alpha value is -1.15. The third-order valence-corrected chi connectivity index (χ3v) is 6.39. The summed E-state index contributed by atoms with van der Waals surface area (Å²) in [4.78, 5) is 15.1. The predicted molar refractivity (Wildman–Crippen MR) is 119 cm³/mol. The summed E-state index contributed by atoms with van der Waals surface area (Å²) < 4.78 is 23.0. The zero-order chi connectivity index (χ0) is 22.6. The lowest BCUT2D eigenvalue weighted by molar-refractivity contribution is -0.180. The molecule has 1 fully saturated rings. The second-order valence-electron chi connectivity index (χ2n) is 8.90. The lowest BCUT2D eigenvalue weighted by Crippen LogP contribution is -2.44. The van der Waals surface area contributed by atoms with Gasteiger partial charge in [-0.15, -0.1) is 0 Å². The number of nitrogens with zero attached hydrogens (tertiary/aromatic N) is 1. The molecule has 1 saturated carbocycles. The maximum absolute atomic E-state index is 13.2. The van der Waals surface area contributed by atoms with Crippen molar-refractivity contribution in [1.29, 1.82) is 0 Å². The number of hydrogen-bond acceptors (Lipinski definition) is 6. The first-order valence-electron chi connectivity index (χ1n) is 12.0. The van der Waals surface area contributed by atoms with Gasteiger partial charge in [0.1, 0.15) is 0 Å². The van der Waals surface area contributed by atoms with Crippen molar-refractivity contribution in [2.75, 3.05) is 46.7 Å². The maximum atomic E-state index is 13.2. The first kappa shape index (κ1) is 26.1. The molecule has 2 rings (SSSR count). The largest absolute Gasteiger partial charge is 0.459 e. The van der Waals surface area contributed by atoms with Crippen molar-refractivity contribution in [2.24, 2.45) is 17.8 Å². The molecule has 0 aromatic heterocycles. The molecule has 0 aromatic rings. The van der Waals surface area contributed by atoms with Crippen molar-refractivity contribution in [2.45, 2.75) is 71.6 Å². The minimum atomic E-state index is -0.449. The standard InChI is InChI=1S/C24H43NO6/c1-5-30-24-20(11-13-28-15-16-29-14-12-26)21(18(2)3)17-22(31-24)23(27)25(4)19-9-7-6-8-10-19/h17-21,24,26H,5-16H2,1-4H3/t20-,21+,24+/m0/s1. The maximum Gasteiger partial charge on any atom is 0.288 e. The summed E-state index contributed by atoms with van der Waals surface area (Å²) in [7, 11) is 1.90. The van der Waals surface area contributed by atoms with E-state index in [1.165, 1.54) is 19.3 Å². The second kappa shape index (κ2) is 14.1. The molecule has 1 heterocycles. The Morgan fingerprint density at radius 1 is 1.16 bits per heavy atom. The highest BCUT2D eigenvalue weighted by atomic mass is 16.7. The second-order valence-corrected chi connectivity index (χ2v) is 8.90. The van der Waals surface area contributed by atoms with Gasteiger partial charge in [0.15, 0.2) is 5.76 Å². The number of carbonyl (C=O) groups is 1. The third-order valence-electron chi connectivity index (χ3n) is 6.39. The van der Waals surface area contributed by atoms with Crippen LogP contribution in [0, 0.1) is 17.8 Å². The topological polar surface area (TPSA) is 77.5 Å². The molecule has 3 atom stereocenters. The first-order chi connectivity index (χ1) is 15.0. The van der Waals surface area contributed by atoms with Crippen LogP contribution in [-0.2, 0) is 23.7 Å². The number of hydrogen-bond donors (Lipinski definition) is 1. The first-order valence-corrected chi connectivity index (χ1v) is 12.0. The molecule has 0 bridgehead atoms. The predicted octanol–water partition coefficient (Wildman–Crippen LogP) is 3.36. The Balaban J connectivity index is 2.01. The third kappa shape index (κ3) is 8.04. The van der Waals surface area contributed by atoms with Gasteiger partial charge in [0.05, 0.1) is 26.4 Å². The van der Waals surface area contributed by atoms with Crippen molar-refractivity contribution in [1.82, 2.24) is 4.90 Å². The van der Waals surface area contributed by atoms with E-state index in [0.717, 1.165) is 19.3 Å². The van der Waals surface area contributed by atoms with Crippen LogP contribution >= 0.6 is 0 Å². The van der Waals surface area contributed by atoms with Crippen LogP contribution < -0.4 is 0 Å². The van der Waals surface area contributed by atoms with Gasteiger partial charge in [-0.3, -0.25) is 4.79 Å². The molecule has 2 aliphatic rings. The van der Waals surface area contributed by atoms with Gasteiger partial charge in [-0.1, -0.05) is 33.1 Å². The Labute approximate surface area is 188 Å². The fraction of sp³-hybridized carbons (Fsp3) is 0.875. The van der Waals surface area contributed by atoms with Crippen molar-refractivity contribution < 1.29 is 28.8 Å². The van der Waals surface area contributed by atoms with Crippen LogP contribution in [0.2, 0.25) is 0 Å². The van der Waals surface area contributed by atoms with E-state index < -0.39 is 6.29 Å². The van der Waals surface area contributed by atoms with Crippen LogP contribution in [0.3, 0.4) is 0 Å². The summed E-state index contributed by atoms with van der Waals surface area (Å²) in [5.74, 6) is 1.05. The molecule has 7 nitrogen and oxygen atoms in total. The molecule has 0 aromatic carbocycles. The Morgan fingerprint density at radius 2 is 1.84 bits per heavy atom. The van der Waals surface area contributed by atoms with Crippen LogP contribution in [0.15, 0.2) is 11.8 Å². The molecule has 1 amide bonds. The number of carbonyl (C=O) groups excluding carboxylic acids is 1. The fourth-order valence-corrected chi connectivity index (χ4v) is 4.60. The van der Waals surface area contributed by atoms with Crippen molar-refractivity contribution in [3.05, 3.63) is 11.8 Å². The number of amides is 1. The molecular weight excluding hydrogens is 398 g/mol. The van der Waals surface area contributed by atoms with Gasteiger partial charge in [-0.05, 0) is 44.1 Å². The van der Waals surface area contributed by atoms with Gasteiger partial charge in [0, 0.05) is 32.2 Å². The van der Waals surface area contributed by atoms with Gasteiger partial charge < -0.3 is 29.0 Å². The molecule has 0 radical (unpaired) electrons. The molecule has 1 aliphatic carbocycles. The van der Waals surface area contributed by atoms with Gasteiger partial charge in [-0.25, -0.2) is 0 Å². The zero-order valence-corrected chi connectivity index (χ0v) is 19.9. The lowest BCUT2D eigenvalue weighted by Gasteiger charge is -2.40. The van der Waals surface area contributed by atoms with E-state index in [1.807, 2.05) is 24.9 Å². The van der Waals surface area contributed by atoms with Gasteiger partial charge in [-0.2, -0.15) is 0 Å². The van der Waals surface area contributed by atoms with Gasteiger partial charge in [0.2, 0.25) is 6.29 Å². The summed E-state index contributed by atoms with van der Waals surface area (Å²) in [6.45, 7) is 8.73. The molecule has 0 spiro atoms. The molecule has 180 valence electrons. The molecule has 7 heteroatoms. The van der Waals surface area contributed by atoms with Crippen LogP contribution in [0.4, 0.5) is 0 Å². The SMILES string of the molecule is CCO[C@@H]1OC(C(=O)N(C)C2CCCCC2)=C[C@H](C(C)C)[C@@H]1CCOCCOCCO. The van der Waals surface area contributed by atoms with E-state index in [0.29, 0.717) is 50.8 Å². The van der Waals surface area contributed by atoms with Crippen molar-refractivity contribution in [3.63, 3.8) is 0 Å². The number of likely N-dealkylation sites (N-methyl/N-ethyl adjacent to an activating group) is 1. The van der Waals surface area contributed by atoms with E-state index >= 15 is 0 Å². The number of allylic oxidation sites excluding steroid dienone is 1. The Morgan fingerprint density at radius 3 is 2.45 bits per heavy atom. The zero-order valence-electron chi connectivity index (χ0n) is 19.9. The monoisotopic (exact) mass is 441 g/mol. The average molecular weight is 442 g/mol. The van der Waals surface area contributed by atoms with Crippen LogP contribution in [0.1, 0.15) is 59.3 Å². The molecule has 1 N–H and O–H groups in total. The quantitative estimate of drug-likeness (QED) is 0.442. The highest BCUT2D eigenvalue weighted by molar-refractivity contribution is 5.91. The summed E-state index contributed by atoms with van der Waals surface area (Å²) in [6.07, 6.45) is 8.13. The Bertz CT molecular complexity index is 546. The summed E-state index contributed by atoms with van der Waals surface area (Å²) in [5.41, 5.74) is 0.